The van der Waals surface area contributed by atoms with E-state index in [9.17, 15) is 9.90 Å². The lowest BCUT2D eigenvalue weighted by atomic mass is 9.72. The predicted molar refractivity (Wildman–Crippen MR) is 101 cm³/mol. The fourth-order valence-electron chi connectivity index (χ4n) is 4.00. The maximum absolute atomic E-state index is 12.1. The average Bonchev–Trinajstić information content (AvgIpc) is 3.10. The number of H-pyrrole nitrogens is 1. The number of fused-ring (bicyclic) bond motifs is 1. The number of hydrogen-bond donors (Lipinski definition) is 2. The number of aryl methyl sites for hydroxylation is 1. The highest BCUT2D eigenvalue weighted by atomic mass is 16.4. The Bertz CT molecular complexity index is 939. The van der Waals surface area contributed by atoms with Gasteiger partial charge in [0.25, 0.3) is 0 Å². The maximum Gasteiger partial charge on any atom is 0.314 e. The van der Waals surface area contributed by atoms with Crippen LogP contribution in [0.3, 0.4) is 0 Å². The highest BCUT2D eigenvalue weighted by molar-refractivity contribution is 5.81. The molecule has 1 aliphatic rings. The molecule has 2 heterocycles. The van der Waals surface area contributed by atoms with E-state index in [4.69, 9.17) is 0 Å². The van der Waals surface area contributed by atoms with Gasteiger partial charge in [-0.25, -0.2) is 0 Å². The van der Waals surface area contributed by atoms with Crippen LogP contribution in [0.4, 0.5) is 0 Å². The molecule has 0 atom stereocenters. The summed E-state index contributed by atoms with van der Waals surface area (Å²) in [6.07, 6.45) is 3.10. The summed E-state index contributed by atoms with van der Waals surface area (Å²) in [6.45, 7) is 4.40. The number of likely N-dealkylation sites (tertiary alicyclic amines) is 1. The number of piperidine rings is 1. The molecule has 4 rings (SSSR count). The van der Waals surface area contributed by atoms with Gasteiger partial charge in [0, 0.05) is 11.9 Å². The zero-order valence-electron chi connectivity index (χ0n) is 14.9. The number of rotatable bonds is 4. The summed E-state index contributed by atoms with van der Waals surface area (Å²) >= 11 is 0. The Kier molecular flexibility index (Phi) is 4.24. The number of carbonyl (C=O) groups is 1. The van der Waals surface area contributed by atoms with Gasteiger partial charge >= 0.3 is 5.97 Å². The molecule has 134 valence electrons. The van der Waals surface area contributed by atoms with Gasteiger partial charge in [-0.2, -0.15) is 5.10 Å². The third kappa shape index (κ3) is 2.99. The summed E-state index contributed by atoms with van der Waals surface area (Å²) in [4.78, 5) is 14.5. The molecule has 1 aromatic heterocycles. The molecular weight excluding hydrogens is 326 g/mol. The minimum Gasteiger partial charge on any atom is -0.481 e. The van der Waals surface area contributed by atoms with Gasteiger partial charge in [0.05, 0.1) is 17.1 Å². The van der Waals surface area contributed by atoms with Gasteiger partial charge in [0.15, 0.2) is 0 Å². The average molecular weight is 349 g/mol. The molecule has 1 fully saturated rings. The number of benzene rings is 2. The van der Waals surface area contributed by atoms with Crippen molar-refractivity contribution in [1.82, 2.24) is 15.1 Å². The van der Waals surface area contributed by atoms with Crippen LogP contribution in [-0.2, 0) is 16.8 Å². The number of aromatic nitrogens is 2. The van der Waals surface area contributed by atoms with Crippen LogP contribution in [-0.4, -0.2) is 39.3 Å². The van der Waals surface area contributed by atoms with Crippen molar-refractivity contribution in [3.8, 4) is 0 Å². The standard InChI is InChI=1S/C21H23N3O2/c1-15-3-2-4-18(11-15)21(20(25)26)7-9-24(10-8-21)14-16-5-6-17-13-22-23-19(17)12-16/h2-6,11-13H,7-10,14H2,1H3,(H,22,23)(H,25,26). The van der Waals surface area contributed by atoms with E-state index in [-0.39, 0.29) is 0 Å². The second-order valence-electron chi connectivity index (χ2n) is 7.32. The van der Waals surface area contributed by atoms with E-state index in [1.165, 1.54) is 5.56 Å². The molecule has 5 heteroatoms. The van der Waals surface area contributed by atoms with Crippen LogP contribution in [0.1, 0.15) is 29.5 Å². The molecule has 0 unspecified atom stereocenters. The van der Waals surface area contributed by atoms with Gasteiger partial charge in [-0.15, -0.1) is 0 Å². The van der Waals surface area contributed by atoms with Gasteiger partial charge in [0.1, 0.15) is 0 Å². The van der Waals surface area contributed by atoms with Crippen LogP contribution < -0.4 is 0 Å². The van der Waals surface area contributed by atoms with Gasteiger partial charge in [0.2, 0.25) is 0 Å². The van der Waals surface area contributed by atoms with E-state index < -0.39 is 11.4 Å². The Labute approximate surface area is 152 Å². The Balaban J connectivity index is 1.50. The first-order chi connectivity index (χ1) is 12.6. The smallest absolute Gasteiger partial charge is 0.314 e. The van der Waals surface area contributed by atoms with Crippen molar-refractivity contribution in [2.75, 3.05) is 13.1 Å². The molecule has 1 aliphatic heterocycles. The van der Waals surface area contributed by atoms with Crippen molar-refractivity contribution in [3.05, 3.63) is 65.4 Å². The maximum atomic E-state index is 12.1. The first-order valence-corrected chi connectivity index (χ1v) is 9.02. The SMILES string of the molecule is Cc1cccc(C2(C(=O)O)CCN(Cc3ccc4cn[nH]c4c3)CC2)c1. The Morgan fingerprint density at radius 2 is 2.04 bits per heavy atom. The molecule has 0 bridgehead atoms. The van der Waals surface area contributed by atoms with Crippen molar-refractivity contribution < 1.29 is 9.90 Å². The van der Waals surface area contributed by atoms with Crippen molar-refractivity contribution in [1.29, 1.82) is 0 Å². The second-order valence-corrected chi connectivity index (χ2v) is 7.32. The van der Waals surface area contributed by atoms with E-state index in [0.29, 0.717) is 12.8 Å². The van der Waals surface area contributed by atoms with Crippen LogP contribution in [0, 0.1) is 6.92 Å². The molecule has 26 heavy (non-hydrogen) atoms. The molecule has 2 aromatic carbocycles. The molecule has 2 N–H and O–H groups in total. The lowest BCUT2D eigenvalue weighted by Crippen LogP contribution is -2.47. The fourth-order valence-corrected chi connectivity index (χ4v) is 4.00. The number of nitrogens with zero attached hydrogens (tertiary/aromatic N) is 2. The lowest BCUT2D eigenvalue weighted by molar-refractivity contribution is -0.146. The van der Waals surface area contributed by atoms with Crippen LogP contribution in [0.25, 0.3) is 10.9 Å². The summed E-state index contributed by atoms with van der Waals surface area (Å²) in [5, 5.41) is 18.2. The van der Waals surface area contributed by atoms with Gasteiger partial charge in [-0.05, 0) is 50.0 Å². The third-order valence-electron chi connectivity index (χ3n) is 5.60. The van der Waals surface area contributed by atoms with Crippen molar-refractivity contribution in [2.24, 2.45) is 0 Å². The van der Waals surface area contributed by atoms with Crippen LogP contribution in [0.5, 0.6) is 0 Å². The zero-order valence-corrected chi connectivity index (χ0v) is 14.9. The molecule has 1 saturated heterocycles. The summed E-state index contributed by atoms with van der Waals surface area (Å²) < 4.78 is 0. The third-order valence-corrected chi connectivity index (χ3v) is 5.60. The normalized spacial score (nSPS) is 17.4. The lowest BCUT2D eigenvalue weighted by Gasteiger charge is -2.39. The quantitative estimate of drug-likeness (QED) is 0.756. The minimum atomic E-state index is -0.768. The fraction of sp³-hybridized carbons (Fsp3) is 0.333. The van der Waals surface area contributed by atoms with E-state index in [0.717, 1.165) is 41.7 Å². The second kappa shape index (κ2) is 6.57. The van der Waals surface area contributed by atoms with Gasteiger partial charge in [-0.1, -0.05) is 42.0 Å². The molecule has 0 saturated carbocycles. The number of carboxylic acids is 1. The number of nitrogens with one attached hydrogen (secondary N) is 1. The number of carboxylic acid groups (broad SMARTS) is 1. The van der Waals surface area contributed by atoms with E-state index in [1.54, 1.807) is 0 Å². The number of aliphatic carboxylic acids is 1. The highest BCUT2D eigenvalue weighted by Gasteiger charge is 2.43. The largest absolute Gasteiger partial charge is 0.481 e. The molecule has 0 amide bonds. The van der Waals surface area contributed by atoms with Crippen LogP contribution in [0.2, 0.25) is 0 Å². The van der Waals surface area contributed by atoms with Crippen molar-refractivity contribution >= 4 is 16.9 Å². The summed E-state index contributed by atoms with van der Waals surface area (Å²) in [7, 11) is 0. The van der Waals surface area contributed by atoms with Crippen molar-refractivity contribution in [2.45, 2.75) is 31.7 Å². The Morgan fingerprint density at radius 3 is 2.77 bits per heavy atom. The summed E-state index contributed by atoms with van der Waals surface area (Å²) in [6, 6.07) is 14.3. The van der Waals surface area contributed by atoms with Crippen molar-refractivity contribution in [3.63, 3.8) is 0 Å². The van der Waals surface area contributed by atoms with Gasteiger partial charge < -0.3 is 5.11 Å². The zero-order chi connectivity index (χ0) is 18.1. The molecule has 0 aliphatic carbocycles. The van der Waals surface area contributed by atoms with Gasteiger partial charge in [-0.3, -0.25) is 14.8 Å². The summed E-state index contributed by atoms with van der Waals surface area (Å²) in [5.41, 5.74) is 3.54. The molecule has 0 radical (unpaired) electrons. The molecule has 3 aromatic rings. The van der Waals surface area contributed by atoms with Crippen LogP contribution in [0.15, 0.2) is 48.7 Å². The first-order valence-electron chi connectivity index (χ1n) is 9.02. The molecule has 5 nitrogen and oxygen atoms in total. The monoisotopic (exact) mass is 349 g/mol. The number of hydrogen-bond acceptors (Lipinski definition) is 3. The summed E-state index contributed by atoms with van der Waals surface area (Å²) in [5.74, 6) is -0.707. The molecule has 0 spiro atoms. The minimum absolute atomic E-state index is 0.637. The van der Waals surface area contributed by atoms with E-state index in [2.05, 4.69) is 33.3 Å². The topological polar surface area (TPSA) is 69.2 Å². The number of aromatic amines is 1. The molecular formula is C21H23N3O2. The van der Waals surface area contributed by atoms with Crippen LogP contribution >= 0.6 is 0 Å². The van der Waals surface area contributed by atoms with E-state index >= 15 is 0 Å². The highest BCUT2D eigenvalue weighted by Crippen LogP contribution is 2.36. The van der Waals surface area contributed by atoms with E-state index in [1.807, 2.05) is 37.4 Å². The predicted octanol–water partition coefficient (Wildman–Crippen LogP) is 3.49. The first kappa shape index (κ1) is 16.8. The Hall–Kier alpha value is -2.66. The Morgan fingerprint density at radius 1 is 1.23 bits per heavy atom.